The third-order valence-corrected chi connectivity index (χ3v) is 3.04. The van der Waals surface area contributed by atoms with Gasteiger partial charge in [-0.05, 0) is 12.1 Å². The van der Waals surface area contributed by atoms with Crippen LogP contribution in [0, 0.1) is 5.82 Å². The molecule has 7 heteroatoms. The van der Waals surface area contributed by atoms with Crippen LogP contribution in [0.2, 0.25) is 0 Å². The van der Waals surface area contributed by atoms with Crippen molar-refractivity contribution in [3.63, 3.8) is 0 Å². The highest BCUT2D eigenvalue weighted by atomic mass is 32.2. The van der Waals surface area contributed by atoms with Crippen LogP contribution in [0.5, 0.6) is 5.75 Å². The van der Waals surface area contributed by atoms with Crippen molar-refractivity contribution in [3.8, 4) is 5.75 Å². The highest BCUT2D eigenvalue weighted by Gasteiger charge is 2.19. The Labute approximate surface area is 92.8 Å². The third-order valence-electron chi connectivity index (χ3n) is 1.94. The molecule has 90 valence electrons. The fourth-order valence-corrected chi connectivity index (χ4v) is 2.20. The lowest BCUT2D eigenvalue weighted by Crippen LogP contribution is -2.07. The smallest absolute Gasteiger partial charge is 0.179 e. The fraction of sp³-hybridized carbons (Fsp3) is 0.333. The molecule has 1 rings (SSSR count). The van der Waals surface area contributed by atoms with Gasteiger partial charge in [0.25, 0.3) is 0 Å². The summed E-state index contributed by atoms with van der Waals surface area (Å²) in [6.07, 6.45) is 0.970. The van der Waals surface area contributed by atoms with E-state index in [0.29, 0.717) is 0 Å². The Morgan fingerprint density at radius 2 is 2.06 bits per heavy atom. The molecule has 0 saturated heterocycles. The first-order valence-corrected chi connectivity index (χ1v) is 6.17. The molecule has 5 nitrogen and oxygen atoms in total. The highest BCUT2D eigenvalue weighted by Crippen LogP contribution is 2.29. The van der Waals surface area contributed by atoms with Crippen molar-refractivity contribution in [1.82, 2.24) is 0 Å². The van der Waals surface area contributed by atoms with Gasteiger partial charge in [0.1, 0.15) is 16.5 Å². The van der Waals surface area contributed by atoms with Crippen molar-refractivity contribution in [1.29, 1.82) is 0 Å². The first-order valence-electron chi connectivity index (χ1n) is 4.28. The molecule has 0 aromatic heterocycles. The van der Waals surface area contributed by atoms with Gasteiger partial charge in [-0.25, -0.2) is 18.7 Å². The van der Waals surface area contributed by atoms with Gasteiger partial charge in [-0.1, -0.05) is 0 Å². The minimum Gasteiger partial charge on any atom is -0.495 e. The normalized spacial score (nSPS) is 11.5. The number of halogens is 1. The summed E-state index contributed by atoms with van der Waals surface area (Å²) in [5.41, 5.74) is 0.241. The Bertz CT molecular complexity index is 487. The van der Waals surface area contributed by atoms with E-state index in [2.05, 4.69) is 4.84 Å². The quantitative estimate of drug-likeness (QED) is 0.792. The first kappa shape index (κ1) is 12.9. The van der Waals surface area contributed by atoms with Gasteiger partial charge in [0.15, 0.2) is 9.84 Å². The maximum Gasteiger partial charge on any atom is 0.179 e. The van der Waals surface area contributed by atoms with Crippen molar-refractivity contribution >= 4 is 9.84 Å². The Morgan fingerprint density at radius 1 is 1.44 bits per heavy atom. The van der Waals surface area contributed by atoms with Gasteiger partial charge in [-0.3, -0.25) is 4.84 Å². The number of hydrogen-bond acceptors (Lipinski definition) is 5. The van der Waals surface area contributed by atoms with Crippen LogP contribution >= 0.6 is 0 Å². The minimum absolute atomic E-state index is 0.0503. The van der Waals surface area contributed by atoms with E-state index < -0.39 is 15.7 Å². The molecule has 0 spiro atoms. The summed E-state index contributed by atoms with van der Waals surface area (Å²) in [6, 6.07) is 2.01. The molecular weight excluding hydrogens is 237 g/mol. The summed E-state index contributed by atoms with van der Waals surface area (Å²) in [5, 5.41) is 0. The van der Waals surface area contributed by atoms with Crippen LogP contribution in [-0.4, -0.2) is 21.8 Å². The molecule has 0 heterocycles. The zero-order chi connectivity index (χ0) is 12.3. The van der Waals surface area contributed by atoms with E-state index >= 15 is 0 Å². The lowest BCUT2D eigenvalue weighted by molar-refractivity contribution is 0.121. The summed E-state index contributed by atoms with van der Waals surface area (Å²) < 4.78 is 40.9. The second kappa shape index (κ2) is 4.77. The highest BCUT2D eigenvalue weighted by molar-refractivity contribution is 7.90. The zero-order valence-electron chi connectivity index (χ0n) is 8.86. The van der Waals surface area contributed by atoms with Crippen LogP contribution in [0.1, 0.15) is 5.56 Å². The third kappa shape index (κ3) is 2.69. The number of hydrogen-bond donors (Lipinski definition) is 1. The molecule has 0 radical (unpaired) electrons. The summed E-state index contributed by atoms with van der Waals surface area (Å²) in [6.45, 7) is -0.135. The molecule has 0 aliphatic heterocycles. The summed E-state index contributed by atoms with van der Waals surface area (Å²) in [5.74, 6) is 4.23. The van der Waals surface area contributed by atoms with Crippen molar-refractivity contribution in [2.24, 2.45) is 5.90 Å². The van der Waals surface area contributed by atoms with Crippen LogP contribution in [-0.2, 0) is 21.3 Å². The van der Waals surface area contributed by atoms with Crippen LogP contribution in [0.3, 0.4) is 0 Å². The first-order chi connectivity index (χ1) is 7.40. The molecule has 0 bridgehead atoms. The maximum absolute atomic E-state index is 13.2. The standard InChI is InChI=1S/C9H12FNO4S/c1-14-9-6(5-15-11)3-7(10)4-8(9)16(2,12)13/h3-4H,5,11H2,1-2H3. The minimum atomic E-state index is -3.57. The molecule has 1 aromatic rings. The van der Waals surface area contributed by atoms with E-state index in [1.165, 1.54) is 7.11 Å². The van der Waals surface area contributed by atoms with Crippen LogP contribution in [0.25, 0.3) is 0 Å². The van der Waals surface area contributed by atoms with E-state index in [-0.39, 0.29) is 22.8 Å². The van der Waals surface area contributed by atoms with Crippen LogP contribution < -0.4 is 10.6 Å². The second-order valence-corrected chi connectivity index (χ2v) is 5.16. The lowest BCUT2D eigenvalue weighted by Gasteiger charge is -2.11. The topological polar surface area (TPSA) is 78.6 Å². The molecule has 0 amide bonds. The number of methoxy groups -OCH3 is 1. The Balaban J connectivity index is 3.48. The van der Waals surface area contributed by atoms with Gasteiger partial charge in [-0.2, -0.15) is 0 Å². The largest absolute Gasteiger partial charge is 0.495 e. The van der Waals surface area contributed by atoms with Gasteiger partial charge < -0.3 is 4.74 Å². The van der Waals surface area contributed by atoms with Gasteiger partial charge >= 0.3 is 0 Å². The molecule has 0 aliphatic carbocycles. The van der Waals surface area contributed by atoms with Crippen LogP contribution in [0.15, 0.2) is 17.0 Å². The zero-order valence-corrected chi connectivity index (χ0v) is 9.67. The van der Waals surface area contributed by atoms with E-state index in [1.54, 1.807) is 0 Å². The van der Waals surface area contributed by atoms with Gasteiger partial charge in [0, 0.05) is 11.8 Å². The predicted molar refractivity (Wildman–Crippen MR) is 55.0 cm³/mol. The molecule has 0 aliphatic rings. The molecule has 1 aromatic carbocycles. The predicted octanol–water partition coefficient (Wildman–Crippen LogP) is 0.628. The molecule has 0 unspecified atom stereocenters. The van der Waals surface area contributed by atoms with E-state index in [1.807, 2.05) is 0 Å². The van der Waals surface area contributed by atoms with Gasteiger partial charge in [0.05, 0.1) is 13.7 Å². The average Bonchev–Trinajstić information content (AvgIpc) is 2.16. The number of sulfone groups is 1. The maximum atomic E-state index is 13.2. The molecule has 2 N–H and O–H groups in total. The van der Waals surface area contributed by atoms with Crippen LogP contribution in [0.4, 0.5) is 4.39 Å². The Hall–Kier alpha value is -1.18. The van der Waals surface area contributed by atoms with Crippen molar-refractivity contribution in [3.05, 3.63) is 23.5 Å². The van der Waals surface area contributed by atoms with Crippen molar-refractivity contribution in [2.75, 3.05) is 13.4 Å². The number of ether oxygens (including phenoxy) is 1. The molecular formula is C9H12FNO4S. The number of nitrogens with two attached hydrogens (primary N) is 1. The van der Waals surface area contributed by atoms with Gasteiger partial charge in [-0.15, -0.1) is 0 Å². The number of benzene rings is 1. The average molecular weight is 249 g/mol. The number of rotatable bonds is 4. The summed E-state index contributed by atoms with van der Waals surface area (Å²) >= 11 is 0. The van der Waals surface area contributed by atoms with Crippen molar-refractivity contribution < 1.29 is 22.4 Å². The van der Waals surface area contributed by atoms with Gasteiger partial charge in [0.2, 0.25) is 0 Å². The Morgan fingerprint density at radius 3 is 2.50 bits per heavy atom. The second-order valence-electron chi connectivity index (χ2n) is 3.18. The summed E-state index contributed by atoms with van der Waals surface area (Å²) in [4.78, 5) is 4.13. The molecule has 0 fully saturated rings. The van der Waals surface area contributed by atoms with E-state index in [9.17, 15) is 12.8 Å². The van der Waals surface area contributed by atoms with E-state index in [0.717, 1.165) is 18.4 Å². The lowest BCUT2D eigenvalue weighted by atomic mass is 10.2. The summed E-state index contributed by atoms with van der Waals surface area (Å²) in [7, 11) is -2.28. The SMILES string of the molecule is COc1c(CON)cc(F)cc1S(C)(=O)=O. The fourth-order valence-electron chi connectivity index (χ4n) is 1.33. The molecule has 0 saturated carbocycles. The molecule has 0 atom stereocenters. The van der Waals surface area contributed by atoms with E-state index in [4.69, 9.17) is 10.6 Å². The molecule has 16 heavy (non-hydrogen) atoms. The van der Waals surface area contributed by atoms with Crippen molar-refractivity contribution in [2.45, 2.75) is 11.5 Å². The monoisotopic (exact) mass is 249 g/mol. The Kier molecular flexibility index (Phi) is 3.84.